The van der Waals surface area contributed by atoms with E-state index in [9.17, 15) is 22.8 Å². The highest BCUT2D eigenvalue weighted by molar-refractivity contribution is 6.31. The molecule has 13 heteroatoms. The fourth-order valence-corrected chi connectivity index (χ4v) is 4.02. The van der Waals surface area contributed by atoms with Gasteiger partial charge in [0.25, 0.3) is 0 Å². The number of alkyl halides is 3. The summed E-state index contributed by atoms with van der Waals surface area (Å²) in [4.78, 5) is 31.7. The van der Waals surface area contributed by atoms with Crippen molar-refractivity contribution >= 4 is 23.2 Å². The van der Waals surface area contributed by atoms with E-state index in [4.69, 9.17) is 31.3 Å². The predicted molar refractivity (Wildman–Crippen MR) is 149 cm³/mol. The van der Waals surface area contributed by atoms with Crippen molar-refractivity contribution in [3.8, 4) is 11.5 Å². The van der Waals surface area contributed by atoms with Crippen molar-refractivity contribution in [3.05, 3.63) is 98.6 Å². The summed E-state index contributed by atoms with van der Waals surface area (Å²) in [5, 5.41) is 2.94. The van der Waals surface area contributed by atoms with E-state index in [1.807, 2.05) is 0 Å². The number of azide groups is 1. The van der Waals surface area contributed by atoms with Gasteiger partial charge in [-0.15, -0.1) is 0 Å². The monoisotopic (exact) mass is 604 g/mol. The first-order valence-electron chi connectivity index (χ1n) is 13.0. The molecule has 3 rings (SSSR count). The minimum Gasteiger partial charge on any atom is -0.457 e. The number of Topliss-reactive ketones (excluding diaryl/α,β-unsaturated/α-hetero) is 2. The van der Waals surface area contributed by atoms with Gasteiger partial charge in [-0.3, -0.25) is 14.6 Å². The smallest absolute Gasteiger partial charge is 0.417 e. The molecule has 0 radical (unpaired) electrons. The molecule has 0 fully saturated rings. The van der Waals surface area contributed by atoms with E-state index in [2.05, 4.69) is 15.0 Å². The Hall–Kier alpha value is -3.96. The molecule has 0 saturated heterocycles. The number of pyridine rings is 1. The molecule has 0 amide bonds. The van der Waals surface area contributed by atoms with Crippen molar-refractivity contribution < 1.29 is 37.0 Å². The van der Waals surface area contributed by atoms with Crippen LogP contribution in [0.4, 0.5) is 13.2 Å². The Labute approximate surface area is 245 Å². The van der Waals surface area contributed by atoms with E-state index in [1.165, 1.54) is 12.3 Å². The molecule has 9 nitrogen and oxygen atoms in total. The van der Waals surface area contributed by atoms with Crippen LogP contribution in [0, 0.1) is 0 Å². The standard InChI is InChI=1S/C29H28ClF3N4O5/c30-26-8-5-21(18-25(26)29(31,32)33)17-22(38)16-20-3-6-23(7-4-20)42-24-9-10-35-27(19-24)28(39)2-1-12-40-14-15-41-13-11-36-37-34/h3-10,18-19H,1-2,11-17H2. The third-order valence-electron chi connectivity index (χ3n) is 5.78. The first-order chi connectivity index (χ1) is 20.2. The lowest BCUT2D eigenvalue weighted by Gasteiger charge is -2.11. The van der Waals surface area contributed by atoms with Gasteiger partial charge in [-0.1, -0.05) is 34.9 Å². The molecule has 222 valence electrons. The van der Waals surface area contributed by atoms with Crippen LogP contribution in [0.3, 0.4) is 0 Å². The van der Waals surface area contributed by atoms with Gasteiger partial charge in [0, 0.05) is 49.6 Å². The summed E-state index contributed by atoms with van der Waals surface area (Å²) in [7, 11) is 0. The lowest BCUT2D eigenvalue weighted by atomic mass is 10.0. The number of benzene rings is 2. The Morgan fingerprint density at radius 3 is 2.31 bits per heavy atom. The summed E-state index contributed by atoms with van der Waals surface area (Å²) in [6.07, 6.45) is -2.51. The van der Waals surface area contributed by atoms with Gasteiger partial charge >= 0.3 is 6.18 Å². The quantitative estimate of drug-likeness (QED) is 0.0527. The maximum Gasteiger partial charge on any atom is 0.417 e. The number of halogens is 4. The van der Waals surface area contributed by atoms with E-state index in [0.717, 1.165) is 12.1 Å². The molecular weight excluding hydrogens is 577 g/mol. The second-order valence-electron chi connectivity index (χ2n) is 9.03. The van der Waals surface area contributed by atoms with Crippen LogP contribution >= 0.6 is 11.6 Å². The molecule has 0 N–H and O–H groups in total. The molecule has 0 unspecified atom stereocenters. The molecule has 2 aromatic carbocycles. The molecular formula is C29H28ClF3N4O5. The number of nitrogens with zero attached hydrogens (tertiary/aromatic N) is 4. The van der Waals surface area contributed by atoms with Crippen LogP contribution in [-0.4, -0.2) is 49.5 Å². The summed E-state index contributed by atoms with van der Waals surface area (Å²) in [5.74, 6) is 0.469. The predicted octanol–water partition coefficient (Wildman–Crippen LogP) is 7.21. The van der Waals surface area contributed by atoms with E-state index in [-0.39, 0.29) is 48.6 Å². The normalized spacial score (nSPS) is 11.1. The van der Waals surface area contributed by atoms with Crippen molar-refractivity contribution in [2.45, 2.75) is 31.9 Å². The van der Waals surface area contributed by atoms with Crippen LogP contribution in [0.1, 0.15) is 40.0 Å². The van der Waals surface area contributed by atoms with Crippen LogP contribution in [-0.2, 0) is 33.3 Å². The lowest BCUT2D eigenvalue weighted by molar-refractivity contribution is -0.137. The summed E-state index contributed by atoms with van der Waals surface area (Å²) in [5.41, 5.74) is 8.37. The van der Waals surface area contributed by atoms with E-state index >= 15 is 0 Å². The Balaban J connectivity index is 1.43. The zero-order valence-corrected chi connectivity index (χ0v) is 23.2. The van der Waals surface area contributed by atoms with Gasteiger partial charge in [-0.05, 0) is 53.4 Å². The number of ketones is 2. The fourth-order valence-electron chi connectivity index (χ4n) is 3.79. The highest BCUT2D eigenvalue weighted by Gasteiger charge is 2.33. The summed E-state index contributed by atoms with van der Waals surface area (Å²) in [6.45, 7) is 1.69. The molecule has 1 heterocycles. The minimum absolute atomic E-state index is 0.0341. The molecule has 0 bridgehead atoms. The summed E-state index contributed by atoms with van der Waals surface area (Å²) >= 11 is 5.64. The maximum atomic E-state index is 13.1. The first-order valence-corrected chi connectivity index (χ1v) is 13.3. The lowest BCUT2D eigenvalue weighted by Crippen LogP contribution is -2.10. The Bertz CT molecular complexity index is 1400. The topological polar surface area (TPSA) is 123 Å². The van der Waals surface area contributed by atoms with Gasteiger partial charge in [0.1, 0.15) is 23.0 Å². The third-order valence-corrected chi connectivity index (χ3v) is 6.11. The Kier molecular flexibility index (Phi) is 12.8. The number of carbonyl (C=O) groups is 2. The van der Waals surface area contributed by atoms with Crippen molar-refractivity contribution in [2.24, 2.45) is 5.11 Å². The van der Waals surface area contributed by atoms with Gasteiger partial charge in [-0.25, -0.2) is 0 Å². The van der Waals surface area contributed by atoms with Gasteiger partial charge in [-0.2, -0.15) is 13.2 Å². The van der Waals surface area contributed by atoms with Crippen LogP contribution < -0.4 is 4.74 Å². The van der Waals surface area contributed by atoms with E-state index < -0.39 is 16.8 Å². The number of rotatable bonds is 17. The van der Waals surface area contributed by atoms with Crippen LogP contribution in [0.15, 0.2) is 65.9 Å². The summed E-state index contributed by atoms with van der Waals surface area (Å²) in [6, 6.07) is 13.3. The van der Waals surface area contributed by atoms with Crippen molar-refractivity contribution in [2.75, 3.05) is 33.0 Å². The van der Waals surface area contributed by atoms with Gasteiger partial charge in [0.05, 0.1) is 30.4 Å². The number of hydrogen-bond donors (Lipinski definition) is 0. The molecule has 1 aromatic heterocycles. The first kappa shape index (κ1) is 32.6. The highest BCUT2D eigenvalue weighted by atomic mass is 35.5. The zero-order valence-electron chi connectivity index (χ0n) is 22.5. The van der Waals surface area contributed by atoms with Gasteiger partial charge in [0.2, 0.25) is 0 Å². The molecule has 0 aliphatic rings. The van der Waals surface area contributed by atoms with Crippen LogP contribution in [0.25, 0.3) is 10.4 Å². The second-order valence-corrected chi connectivity index (χ2v) is 9.44. The molecule has 0 atom stereocenters. The molecule has 42 heavy (non-hydrogen) atoms. The average molecular weight is 605 g/mol. The van der Waals surface area contributed by atoms with Crippen LogP contribution in [0.5, 0.6) is 11.5 Å². The number of ether oxygens (including phenoxy) is 3. The molecule has 3 aromatic rings. The Morgan fingerprint density at radius 2 is 1.60 bits per heavy atom. The SMILES string of the molecule is [N-]=[N+]=NCCOCCOCCCC(=O)c1cc(Oc2ccc(CC(=O)Cc3ccc(Cl)c(C(F)(F)F)c3)cc2)ccn1. The molecule has 0 spiro atoms. The molecule has 0 aliphatic carbocycles. The third kappa shape index (κ3) is 11.1. The van der Waals surface area contributed by atoms with Crippen molar-refractivity contribution in [3.63, 3.8) is 0 Å². The minimum atomic E-state index is -4.60. The van der Waals surface area contributed by atoms with E-state index in [1.54, 1.807) is 36.4 Å². The highest BCUT2D eigenvalue weighted by Crippen LogP contribution is 2.35. The molecule has 0 saturated carbocycles. The van der Waals surface area contributed by atoms with Gasteiger partial charge in [0.15, 0.2) is 5.78 Å². The number of hydrogen-bond acceptors (Lipinski definition) is 7. The Morgan fingerprint density at radius 1 is 0.905 bits per heavy atom. The fraction of sp³-hybridized carbons (Fsp3) is 0.345. The maximum absolute atomic E-state index is 13.1. The van der Waals surface area contributed by atoms with Crippen LogP contribution in [0.2, 0.25) is 5.02 Å². The van der Waals surface area contributed by atoms with Crippen molar-refractivity contribution in [1.29, 1.82) is 0 Å². The second kappa shape index (κ2) is 16.5. The zero-order chi connectivity index (χ0) is 30.4. The number of carbonyl (C=O) groups excluding carboxylic acids is 2. The summed E-state index contributed by atoms with van der Waals surface area (Å²) < 4.78 is 55.7. The van der Waals surface area contributed by atoms with Gasteiger partial charge < -0.3 is 14.2 Å². The van der Waals surface area contributed by atoms with E-state index in [0.29, 0.717) is 49.9 Å². The molecule has 0 aliphatic heterocycles. The van der Waals surface area contributed by atoms with Crippen molar-refractivity contribution in [1.82, 2.24) is 4.98 Å². The largest absolute Gasteiger partial charge is 0.457 e. The average Bonchev–Trinajstić information content (AvgIpc) is 2.95. The number of aromatic nitrogens is 1.